The van der Waals surface area contributed by atoms with Gasteiger partial charge in [0, 0.05) is 17.8 Å². The van der Waals surface area contributed by atoms with Crippen molar-refractivity contribution in [1.82, 2.24) is 25.5 Å². The van der Waals surface area contributed by atoms with Gasteiger partial charge in [-0.1, -0.05) is 11.8 Å². The lowest BCUT2D eigenvalue weighted by Gasteiger charge is -2.04. The van der Waals surface area contributed by atoms with E-state index in [-0.39, 0.29) is 5.91 Å². The lowest BCUT2D eigenvalue weighted by molar-refractivity contribution is 0.0959. The molecule has 0 aliphatic carbocycles. The zero-order valence-corrected chi connectivity index (χ0v) is 11.7. The first-order valence-electron chi connectivity index (χ1n) is 5.86. The Hall–Kier alpha value is -2.35. The third kappa shape index (κ3) is 1.76. The molecule has 2 aromatic heterocycles. The van der Waals surface area contributed by atoms with Crippen LogP contribution in [0.1, 0.15) is 10.5 Å². The number of hydrogen-bond donors (Lipinski definition) is 3. The van der Waals surface area contributed by atoms with Gasteiger partial charge in [0.05, 0.1) is 0 Å². The second kappa shape index (κ2) is 4.64. The van der Waals surface area contributed by atoms with E-state index >= 15 is 0 Å². The smallest absolute Gasteiger partial charge is 0.269 e. The van der Waals surface area contributed by atoms with Gasteiger partial charge in [-0.05, 0) is 18.4 Å². The highest BCUT2D eigenvalue weighted by Gasteiger charge is 2.16. The van der Waals surface area contributed by atoms with Gasteiger partial charge in [0.1, 0.15) is 22.5 Å². The monoisotopic (exact) mass is 288 g/mol. The van der Waals surface area contributed by atoms with Crippen LogP contribution in [0.3, 0.4) is 0 Å². The predicted octanol–water partition coefficient (Wildman–Crippen LogP) is 1.17. The fourth-order valence-electron chi connectivity index (χ4n) is 2.06. The zero-order chi connectivity index (χ0) is 14.3. The van der Waals surface area contributed by atoms with Gasteiger partial charge in [-0.2, -0.15) is 5.10 Å². The summed E-state index contributed by atoms with van der Waals surface area (Å²) in [6.07, 6.45) is 1.88. The fraction of sp³-hybridized carbons (Fsp3) is 0.167. The van der Waals surface area contributed by atoms with E-state index in [1.807, 2.05) is 6.26 Å². The van der Waals surface area contributed by atoms with Gasteiger partial charge in [0.15, 0.2) is 5.16 Å². The number of aromatic nitrogens is 4. The van der Waals surface area contributed by atoms with Gasteiger partial charge < -0.3 is 11.1 Å². The minimum atomic E-state index is -0.223. The number of nitrogen functional groups attached to an aromatic ring is 1. The molecule has 8 heteroatoms. The van der Waals surface area contributed by atoms with E-state index in [2.05, 4.69) is 25.5 Å². The second-order valence-electron chi connectivity index (χ2n) is 4.13. The van der Waals surface area contributed by atoms with Gasteiger partial charge in [0.2, 0.25) is 0 Å². The molecule has 102 valence electrons. The molecule has 4 N–H and O–H groups in total. The molecule has 0 atom stereocenters. The molecule has 0 aliphatic rings. The molecule has 0 fully saturated rings. The number of hydrogen-bond acceptors (Lipinski definition) is 6. The average Bonchev–Trinajstić information content (AvgIpc) is 2.90. The number of carbonyl (C=O) groups is 1. The molecule has 0 aliphatic heterocycles. The number of nitrogens with one attached hydrogen (secondary N) is 2. The molecule has 0 spiro atoms. The van der Waals surface area contributed by atoms with Crippen molar-refractivity contribution in [2.45, 2.75) is 5.16 Å². The van der Waals surface area contributed by atoms with Crippen molar-refractivity contribution >= 4 is 45.3 Å². The van der Waals surface area contributed by atoms with Gasteiger partial charge in [-0.15, -0.1) is 0 Å². The average molecular weight is 288 g/mol. The highest BCUT2D eigenvalue weighted by Crippen LogP contribution is 2.28. The van der Waals surface area contributed by atoms with E-state index in [1.165, 1.54) is 11.8 Å². The van der Waals surface area contributed by atoms with Crippen LogP contribution in [0.4, 0.5) is 5.82 Å². The summed E-state index contributed by atoms with van der Waals surface area (Å²) in [6, 6.07) is 3.60. The standard InChI is InChI=1S/C12H12N6OS/c1-14-11(19)9-5-3-4-6-7(8(5)17-18-9)15-12(20-2)16-10(6)13/h3-4H,1-2H3,(H,14,19)(H,17,18)(H2,13,15,16). The van der Waals surface area contributed by atoms with Crippen LogP contribution < -0.4 is 11.1 Å². The normalized spacial score (nSPS) is 11.1. The van der Waals surface area contributed by atoms with Gasteiger partial charge >= 0.3 is 0 Å². The first kappa shape index (κ1) is 12.7. The number of benzene rings is 1. The van der Waals surface area contributed by atoms with Crippen LogP contribution in [0.15, 0.2) is 17.3 Å². The van der Waals surface area contributed by atoms with Gasteiger partial charge in [0.25, 0.3) is 5.91 Å². The largest absolute Gasteiger partial charge is 0.383 e. The minimum Gasteiger partial charge on any atom is -0.383 e. The Morgan fingerprint density at radius 1 is 1.30 bits per heavy atom. The lowest BCUT2D eigenvalue weighted by atomic mass is 10.1. The third-order valence-electron chi connectivity index (χ3n) is 3.04. The van der Waals surface area contributed by atoms with Crippen molar-refractivity contribution in [3.63, 3.8) is 0 Å². The highest BCUT2D eigenvalue weighted by atomic mass is 32.2. The molecule has 0 unspecified atom stereocenters. The number of amides is 1. The second-order valence-corrected chi connectivity index (χ2v) is 4.90. The van der Waals surface area contributed by atoms with Crippen LogP contribution in [0.25, 0.3) is 21.8 Å². The number of aromatic amines is 1. The molecular weight excluding hydrogens is 276 g/mol. The number of rotatable bonds is 2. The predicted molar refractivity (Wildman–Crippen MR) is 78.8 cm³/mol. The number of fused-ring (bicyclic) bond motifs is 3. The quantitative estimate of drug-likeness (QED) is 0.482. The Bertz CT molecular complexity index is 828. The molecule has 2 heterocycles. The molecule has 3 rings (SSSR count). The van der Waals surface area contributed by atoms with Crippen molar-refractivity contribution in [1.29, 1.82) is 0 Å². The van der Waals surface area contributed by atoms with Gasteiger partial charge in [-0.25, -0.2) is 9.97 Å². The topological polar surface area (TPSA) is 110 Å². The zero-order valence-electron chi connectivity index (χ0n) is 10.9. The number of nitrogens with zero attached hydrogens (tertiary/aromatic N) is 3. The highest BCUT2D eigenvalue weighted by molar-refractivity contribution is 7.98. The number of thioether (sulfide) groups is 1. The minimum absolute atomic E-state index is 0.223. The fourth-order valence-corrected chi connectivity index (χ4v) is 2.43. The Kier molecular flexibility index (Phi) is 2.94. The van der Waals surface area contributed by atoms with Crippen LogP contribution in [0.2, 0.25) is 0 Å². The van der Waals surface area contributed by atoms with E-state index in [0.717, 1.165) is 5.39 Å². The summed E-state index contributed by atoms with van der Waals surface area (Å²) in [4.78, 5) is 20.4. The summed E-state index contributed by atoms with van der Waals surface area (Å²) < 4.78 is 0. The molecule has 0 saturated heterocycles. The maximum Gasteiger partial charge on any atom is 0.269 e. The number of nitrogens with two attached hydrogens (primary N) is 1. The summed E-state index contributed by atoms with van der Waals surface area (Å²) in [5.74, 6) is 0.185. The molecule has 0 radical (unpaired) electrons. The summed E-state index contributed by atoms with van der Waals surface area (Å²) in [6.45, 7) is 0. The molecule has 3 aromatic rings. The number of H-pyrrole nitrogens is 1. The first-order chi connectivity index (χ1) is 9.65. The molecule has 20 heavy (non-hydrogen) atoms. The molecule has 7 nitrogen and oxygen atoms in total. The molecule has 1 amide bonds. The van der Waals surface area contributed by atoms with Crippen molar-refractivity contribution < 1.29 is 4.79 Å². The molecule has 0 saturated carbocycles. The lowest BCUT2D eigenvalue weighted by Crippen LogP contribution is -2.18. The van der Waals surface area contributed by atoms with E-state index in [1.54, 1.807) is 19.2 Å². The van der Waals surface area contributed by atoms with Crippen molar-refractivity contribution in [3.8, 4) is 0 Å². The van der Waals surface area contributed by atoms with E-state index < -0.39 is 0 Å². The first-order valence-corrected chi connectivity index (χ1v) is 7.08. The van der Waals surface area contributed by atoms with Crippen molar-refractivity contribution in [3.05, 3.63) is 17.8 Å². The Labute approximate surface area is 118 Å². The SMILES string of the molecule is CNC(=O)c1[nH]nc2c1ccc1c(N)nc(SC)nc12. The van der Waals surface area contributed by atoms with Crippen LogP contribution in [0.5, 0.6) is 0 Å². The Balaban J connectivity index is 2.38. The van der Waals surface area contributed by atoms with Crippen LogP contribution >= 0.6 is 11.8 Å². The summed E-state index contributed by atoms with van der Waals surface area (Å²) in [5, 5.41) is 11.5. The summed E-state index contributed by atoms with van der Waals surface area (Å²) >= 11 is 1.40. The molecule has 1 aromatic carbocycles. The Morgan fingerprint density at radius 2 is 2.05 bits per heavy atom. The van der Waals surface area contributed by atoms with E-state index in [4.69, 9.17) is 5.73 Å². The Morgan fingerprint density at radius 3 is 2.75 bits per heavy atom. The van der Waals surface area contributed by atoms with Gasteiger partial charge in [-0.3, -0.25) is 9.89 Å². The van der Waals surface area contributed by atoms with Crippen LogP contribution in [-0.2, 0) is 0 Å². The van der Waals surface area contributed by atoms with Crippen LogP contribution in [0, 0.1) is 0 Å². The molecule has 0 bridgehead atoms. The third-order valence-corrected chi connectivity index (χ3v) is 3.58. The van der Waals surface area contributed by atoms with E-state index in [0.29, 0.717) is 33.1 Å². The summed E-state index contributed by atoms with van der Waals surface area (Å²) in [7, 11) is 1.57. The molecular formula is C12H12N6OS. The van der Waals surface area contributed by atoms with Crippen molar-refractivity contribution in [2.24, 2.45) is 0 Å². The van der Waals surface area contributed by atoms with Crippen molar-refractivity contribution in [2.75, 3.05) is 19.0 Å². The summed E-state index contributed by atoms with van der Waals surface area (Å²) in [5.41, 5.74) is 7.60. The number of anilines is 1. The van der Waals surface area contributed by atoms with Crippen LogP contribution in [-0.4, -0.2) is 39.4 Å². The number of carbonyl (C=O) groups excluding carboxylic acids is 1. The maximum absolute atomic E-state index is 11.8. The van der Waals surface area contributed by atoms with E-state index in [9.17, 15) is 4.79 Å². The maximum atomic E-state index is 11.8.